The predicted octanol–water partition coefficient (Wildman–Crippen LogP) is 3.29. The minimum absolute atomic E-state index is 0.0514. The lowest BCUT2D eigenvalue weighted by Gasteiger charge is -2.08. The summed E-state index contributed by atoms with van der Waals surface area (Å²) < 4.78 is 2.87. The summed E-state index contributed by atoms with van der Waals surface area (Å²) in [6, 6.07) is 10.6. The van der Waals surface area contributed by atoms with E-state index in [9.17, 15) is 19.7 Å². The maximum atomic E-state index is 12.8. The number of benzene rings is 2. The Kier molecular flexibility index (Phi) is 6.38. The van der Waals surface area contributed by atoms with Gasteiger partial charge in [0.25, 0.3) is 17.2 Å². The topological polar surface area (TPSA) is 125 Å². The number of nitrogens with zero attached hydrogens (tertiary/aromatic N) is 5. The first-order chi connectivity index (χ1) is 15.8. The van der Waals surface area contributed by atoms with E-state index in [0.29, 0.717) is 32.2 Å². The van der Waals surface area contributed by atoms with E-state index in [0.717, 1.165) is 0 Å². The molecule has 0 radical (unpaired) electrons. The molecule has 1 amide bonds. The molecule has 12 heteroatoms. The molecule has 2 heterocycles. The van der Waals surface area contributed by atoms with Crippen LogP contribution in [0.15, 0.2) is 59.8 Å². The zero-order valence-electron chi connectivity index (χ0n) is 16.9. The van der Waals surface area contributed by atoms with Gasteiger partial charge in [-0.2, -0.15) is 5.10 Å². The molecule has 168 valence electrons. The Hall–Kier alpha value is -3.76. The highest BCUT2D eigenvalue weighted by atomic mass is 35.5. The van der Waals surface area contributed by atoms with Gasteiger partial charge in [-0.3, -0.25) is 24.3 Å². The third-order valence-corrected chi connectivity index (χ3v) is 5.27. The summed E-state index contributed by atoms with van der Waals surface area (Å²) in [5.74, 6) is -0.344. The molecule has 4 aromatic rings. The van der Waals surface area contributed by atoms with Crippen LogP contribution in [0.5, 0.6) is 0 Å². The van der Waals surface area contributed by atoms with Gasteiger partial charge in [-0.05, 0) is 23.8 Å². The zero-order chi connectivity index (χ0) is 23.5. The lowest BCUT2D eigenvalue weighted by Crippen LogP contribution is -2.27. The number of halogens is 2. The highest BCUT2D eigenvalue weighted by Gasteiger charge is 2.13. The van der Waals surface area contributed by atoms with Crippen molar-refractivity contribution in [2.45, 2.75) is 13.1 Å². The summed E-state index contributed by atoms with van der Waals surface area (Å²) in [6.45, 7) is 0.649. The third-order valence-electron chi connectivity index (χ3n) is 4.83. The van der Waals surface area contributed by atoms with Gasteiger partial charge in [0, 0.05) is 34.3 Å². The molecule has 2 aromatic heterocycles. The van der Waals surface area contributed by atoms with Crippen molar-refractivity contribution in [3.63, 3.8) is 0 Å². The highest BCUT2D eigenvalue weighted by Crippen LogP contribution is 2.19. The van der Waals surface area contributed by atoms with Crippen LogP contribution in [0.2, 0.25) is 10.0 Å². The Balaban J connectivity index is 1.47. The molecule has 0 bridgehead atoms. The number of nitro benzene ring substituents is 1. The van der Waals surface area contributed by atoms with Gasteiger partial charge in [0.1, 0.15) is 11.7 Å². The van der Waals surface area contributed by atoms with Crippen LogP contribution in [0.1, 0.15) is 15.9 Å². The largest absolute Gasteiger partial charge is 0.350 e. The van der Waals surface area contributed by atoms with Gasteiger partial charge in [-0.1, -0.05) is 35.3 Å². The van der Waals surface area contributed by atoms with Crippen LogP contribution in [-0.2, 0) is 13.1 Å². The standard InChI is InChI=1S/C21H16Cl2N6O4/c22-15-7-14(8-16(23)9-15)20(30)24-4-5-28-19-18(10-26-28)21(31)27(12-25-19)11-13-2-1-3-17(6-13)29(32)33/h1-3,6-10,12H,4-5,11H2,(H,24,30). The molecule has 0 spiro atoms. The van der Waals surface area contributed by atoms with Crippen molar-refractivity contribution < 1.29 is 9.72 Å². The van der Waals surface area contributed by atoms with E-state index in [1.54, 1.807) is 12.1 Å². The monoisotopic (exact) mass is 486 g/mol. The van der Waals surface area contributed by atoms with E-state index >= 15 is 0 Å². The number of rotatable bonds is 7. The first-order valence-corrected chi connectivity index (χ1v) is 10.5. The first-order valence-electron chi connectivity index (χ1n) is 9.70. The summed E-state index contributed by atoms with van der Waals surface area (Å²) in [7, 11) is 0. The molecule has 0 unspecified atom stereocenters. The number of hydrogen-bond acceptors (Lipinski definition) is 6. The Labute approximate surface area is 196 Å². The average Bonchev–Trinajstić information content (AvgIpc) is 3.19. The number of amides is 1. The Morgan fingerprint density at radius 1 is 1.15 bits per heavy atom. The van der Waals surface area contributed by atoms with E-state index < -0.39 is 4.92 Å². The number of aromatic nitrogens is 4. The number of fused-ring (bicyclic) bond motifs is 1. The number of hydrogen-bond donors (Lipinski definition) is 1. The van der Waals surface area contributed by atoms with Crippen LogP contribution in [0, 0.1) is 10.1 Å². The van der Waals surface area contributed by atoms with Crippen LogP contribution in [-0.4, -0.2) is 36.7 Å². The van der Waals surface area contributed by atoms with E-state index in [4.69, 9.17) is 23.2 Å². The van der Waals surface area contributed by atoms with Crippen molar-refractivity contribution in [1.29, 1.82) is 0 Å². The minimum atomic E-state index is -0.489. The van der Waals surface area contributed by atoms with Crippen LogP contribution in [0.3, 0.4) is 0 Å². The predicted molar refractivity (Wildman–Crippen MR) is 123 cm³/mol. The van der Waals surface area contributed by atoms with Gasteiger partial charge >= 0.3 is 0 Å². The molecule has 4 rings (SSSR count). The average molecular weight is 487 g/mol. The van der Waals surface area contributed by atoms with Crippen molar-refractivity contribution in [1.82, 2.24) is 24.6 Å². The second-order valence-corrected chi connectivity index (χ2v) is 8.00. The molecule has 0 fully saturated rings. The minimum Gasteiger partial charge on any atom is -0.350 e. The van der Waals surface area contributed by atoms with Crippen molar-refractivity contribution in [3.05, 3.63) is 96.6 Å². The van der Waals surface area contributed by atoms with Crippen LogP contribution in [0.25, 0.3) is 11.0 Å². The van der Waals surface area contributed by atoms with E-state index in [1.807, 2.05) is 0 Å². The lowest BCUT2D eigenvalue weighted by molar-refractivity contribution is -0.384. The maximum absolute atomic E-state index is 12.8. The van der Waals surface area contributed by atoms with Crippen LogP contribution >= 0.6 is 23.2 Å². The molecule has 33 heavy (non-hydrogen) atoms. The second kappa shape index (κ2) is 9.39. The molecule has 0 aliphatic rings. The first kappa shape index (κ1) is 22.4. The van der Waals surface area contributed by atoms with Gasteiger partial charge < -0.3 is 5.32 Å². The summed E-state index contributed by atoms with van der Waals surface area (Å²) in [5.41, 5.74) is 0.929. The smallest absolute Gasteiger partial charge is 0.269 e. The van der Waals surface area contributed by atoms with Gasteiger partial charge in [0.15, 0.2) is 5.65 Å². The van der Waals surface area contributed by atoms with Gasteiger partial charge in [0.05, 0.1) is 24.2 Å². The summed E-state index contributed by atoms with van der Waals surface area (Å²) >= 11 is 11.9. The van der Waals surface area contributed by atoms with Crippen molar-refractivity contribution in [2.75, 3.05) is 6.54 Å². The van der Waals surface area contributed by atoms with E-state index in [1.165, 1.54) is 52.1 Å². The second-order valence-electron chi connectivity index (χ2n) is 7.12. The molecule has 10 nitrogen and oxygen atoms in total. The Morgan fingerprint density at radius 2 is 1.91 bits per heavy atom. The summed E-state index contributed by atoms with van der Waals surface area (Å²) in [5, 5.41) is 18.9. The number of nitrogens with one attached hydrogen (secondary N) is 1. The van der Waals surface area contributed by atoms with Gasteiger partial charge in [0.2, 0.25) is 0 Å². The van der Waals surface area contributed by atoms with Crippen LogP contribution in [0.4, 0.5) is 5.69 Å². The summed E-state index contributed by atoms with van der Waals surface area (Å²) in [4.78, 5) is 39.9. The Bertz CT molecular complexity index is 1410. The molecular weight excluding hydrogens is 471 g/mol. The van der Waals surface area contributed by atoms with Crippen molar-refractivity contribution >= 4 is 45.8 Å². The fraction of sp³-hybridized carbons (Fsp3) is 0.143. The fourth-order valence-corrected chi connectivity index (χ4v) is 3.83. The third kappa shape index (κ3) is 5.02. The number of carbonyl (C=O) groups is 1. The van der Waals surface area contributed by atoms with E-state index in [2.05, 4.69) is 15.4 Å². The maximum Gasteiger partial charge on any atom is 0.269 e. The molecule has 0 aliphatic carbocycles. The van der Waals surface area contributed by atoms with Crippen molar-refractivity contribution in [3.8, 4) is 0 Å². The molecule has 0 atom stereocenters. The Morgan fingerprint density at radius 3 is 2.64 bits per heavy atom. The molecular formula is C21H16Cl2N6O4. The summed E-state index contributed by atoms with van der Waals surface area (Å²) in [6.07, 6.45) is 2.78. The van der Waals surface area contributed by atoms with Gasteiger partial charge in [-0.25, -0.2) is 9.67 Å². The van der Waals surface area contributed by atoms with Gasteiger partial charge in [-0.15, -0.1) is 0 Å². The fourth-order valence-electron chi connectivity index (χ4n) is 3.30. The van der Waals surface area contributed by atoms with E-state index in [-0.39, 0.29) is 36.8 Å². The highest BCUT2D eigenvalue weighted by molar-refractivity contribution is 6.35. The molecule has 0 saturated carbocycles. The molecule has 1 N–H and O–H groups in total. The van der Waals surface area contributed by atoms with Crippen LogP contribution < -0.4 is 10.9 Å². The molecule has 2 aromatic carbocycles. The quantitative estimate of drug-likeness (QED) is 0.315. The molecule has 0 aliphatic heterocycles. The normalized spacial score (nSPS) is 11.0. The van der Waals surface area contributed by atoms with Crippen molar-refractivity contribution in [2.24, 2.45) is 0 Å². The number of nitro groups is 1. The SMILES string of the molecule is O=C(NCCn1ncc2c(=O)n(Cc3cccc([N+](=O)[O-])c3)cnc21)c1cc(Cl)cc(Cl)c1. The molecule has 0 saturated heterocycles. The number of non-ortho nitro benzene ring substituents is 1. The zero-order valence-corrected chi connectivity index (χ0v) is 18.5. The lowest BCUT2D eigenvalue weighted by atomic mass is 10.2. The number of carbonyl (C=O) groups excluding carboxylic acids is 1.